The molecule has 3 N–H and O–H groups in total. The number of aromatic carboxylic acids is 1. The van der Waals surface area contributed by atoms with Crippen LogP contribution in [0, 0.1) is 12.3 Å². The lowest BCUT2D eigenvalue weighted by molar-refractivity contribution is 0.0696. The van der Waals surface area contributed by atoms with E-state index in [2.05, 4.69) is 19.9 Å². The first-order chi connectivity index (χ1) is 11.7. The van der Waals surface area contributed by atoms with Gasteiger partial charge in [-0.15, -0.1) is 11.3 Å². The van der Waals surface area contributed by atoms with Crippen LogP contribution >= 0.6 is 11.3 Å². The van der Waals surface area contributed by atoms with E-state index in [-0.39, 0.29) is 5.41 Å². The van der Waals surface area contributed by atoms with Crippen molar-refractivity contribution < 1.29 is 9.90 Å². The summed E-state index contributed by atoms with van der Waals surface area (Å²) in [6, 6.07) is 6.13. The maximum atomic E-state index is 12.1. The Kier molecular flexibility index (Phi) is 4.64. The van der Waals surface area contributed by atoms with Gasteiger partial charge in [-0.3, -0.25) is 0 Å². The number of carboxylic acids is 1. The van der Waals surface area contributed by atoms with Crippen molar-refractivity contribution >= 4 is 23.0 Å². The highest BCUT2D eigenvalue weighted by molar-refractivity contribution is 7.16. The molecule has 3 rings (SSSR count). The third kappa shape index (κ3) is 3.31. The van der Waals surface area contributed by atoms with Gasteiger partial charge in [-0.1, -0.05) is 19.9 Å². The predicted octanol–water partition coefficient (Wildman–Crippen LogP) is 4.29. The van der Waals surface area contributed by atoms with Crippen LogP contribution in [-0.2, 0) is 12.8 Å². The Morgan fingerprint density at radius 1 is 1.40 bits per heavy atom. The maximum absolute atomic E-state index is 12.1. The van der Waals surface area contributed by atoms with Gasteiger partial charge >= 0.3 is 5.97 Å². The second-order valence-corrected chi connectivity index (χ2v) is 8.84. The normalized spacial score (nSPS) is 15.7. The van der Waals surface area contributed by atoms with E-state index in [9.17, 15) is 9.90 Å². The van der Waals surface area contributed by atoms with E-state index in [4.69, 9.17) is 5.73 Å². The van der Waals surface area contributed by atoms with E-state index in [1.807, 2.05) is 31.0 Å². The van der Waals surface area contributed by atoms with Gasteiger partial charge in [0.1, 0.15) is 0 Å². The van der Waals surface area contributed by atoms with Gasteiger partial charge in [0.15, 0.2) is 0 Å². The first kappa shape index (κ1) is 18.0. The van der Waals surface area contributed by atoms with Gasteiger partial charge in [-0.2, -0.15) is 0 Å². The fourth-order valence-corrected chi connectivity index (χ4v) is 4.98. The Balaban J connectivity index is 2.12. The Labute approximate surface area is 153 Å². The number of carbonyl (C=O) groups is 1. The molecular formula is C20H26N2O2S. The molecule has 1 aromatic carbocycles. The van der Waals surface area contributed by atoms with Crippen LogP contribution in [0.4, 0.5) is 5.69 Å². The molecule has 0 saturated heterocycles. The summed E-state index contributed by atoms with van der Waals surface area (Å²) in [5, 5.41) is 9.90. The average molecular weight is 359 g/mol. The fourth-order valence-electron chi connectivity index (χ4n) is 3.58. The number of hydrogen-bond acceptors (Lipinski definition) is 4. The molecule has 4 nitrogen and oxygen atoms in total. The van der Waals surface area contributed by atoms with Crippen molar-refractivity contribution in [3.05, 3.63) is 39.8 Å². The molecule has 0 amide bonds. The van der Waals surface area contributed by atoms with E-state index in [1.165, 1.54) is 4.88 Å². The average Bonchev–Trinajstić information content (AvgIpc) is 2.91. The van der Waals surface area contributed by atoms with Crippen LogP contribution in [0.25, 0.3) is 10.4 Å². The molecule has 0 aliphatic heterocycles. The number of rotatable bonds is 4. The SMILES string of the molecule is Cc1cc(N(C)CN)ccc1-c1sc2c(c1C(=O)O)CC(C)(C)CC2. The number of nitrogens with zero attached hydrogens (tertiary/aromatic N) is 1. The van der Waals surface area contributed by atoms with Gasteiger partial charge in [0.2, 0.25) is 0 Å². The first-order valence-electron chi connectivity index (χ1n) is 8.63. The van der Waals surface area contributed by atoms with E-state index >= 15 is 0 Å². The molecule has 0 fully saturated rings. The van der Waals surface area contributed by atoms with Crippen molar-refractivity contribution in [1.29, 1.82) is 0 Å². The first-order valence-corrected chi connectivity index (χ1v) is 9.45. The van der Waals surface area contributed by atoms with Gasteiger partial charge in [-0.25, -0.2) is 4.79 Å². The molecule has 0 bridgehead atoms. The van der Waals surface area contributed by atoms with Gasteiger partial charge < -0.3 is 15.7 Å². The smallest absolute Gasteiger partial charge is 0.337 e. The van der Waals surface area contributed by atoms with E-state index in [1.54, 1.807) is 11.3 Å². The zero-order chi connectivity index (χ0) is 18.4. The maximum Gasteiger partial charge on any atom is 0.337 e. The molecule has 2 aromatic rings. The Morgan fingerprint density at radius 3 is 2.72 bits per heavy atom. The van der Waals surface area contributed by atoms with Crippen LogP contribution in [0.15, 0.2) is 18.2 Å². The minimum absolute atomic E-state index is 0.165. The Hall–Kier alpha value is -1.85. The van der Waals surface area contributed by atoms with E-state index in [0.29, 0.717) is 12.2 Å². The number of aryl methyl sites for hydroxylation is 2. The molecule has 0 atom stereocenters. The quantitative estimate of drug-likeness (QED) is 0.800. The highest BCUT2D eigenvalue weighted by Gasteiger charge is 2.33. The molecule has 1 aromatic heterocycles. The van der Waals surface area contributed by atoms with Crippen LogP contribution < -0.4 is 10.6 Å². The Morgan fingerprint density at radius 2 is 2.12 bits per heavy atom. The van der Waals surface area contributed by atoms with Crippen molar-refractivity contribution in [1.82, 2.24) is 0 Å². The van der Waals surface area contributed by atoms with Gasteiger partial charge in [0.05, 0.1) is 12.2 Å². The largest absolute Gasteiger partial charge is 0.478 e. The monoisotopic (exact) mass is 358 g/mol. The predicted molar refractivity (Wildman–Crippen MR) is 105 cm³/mol. The number of carboxylic acid groups (broad SMARTS) is 1. The second kappa shape index (κ2) is 6.46. The van der Waals surface area contributed by atoms with Crippen LogP contribution in [-0.4, -0.2) is 24.8 Å². The third-order valence-electron chi connectivity index (χ3n) is 5.16. The lowest BCUT2D eigenvalue weighted by Crippen LogP contribution is -2.24. The minimum atomic E-state index is -0.812. The molecule has 1 aliphatic rings. The molecule has 0 spiro atoms. The molecule has 25 heavy (non-hydrogen) atoms. The summed E-state index contributed by atoms with van der Waals surface area (Å²) >= 11 is 1.66. The van der Waals surface area contributed by atoms with Crippen molar-refractivity contribution in [3.63, 3.8) is 0 Å². The standard InChI is InChI=1S/C20H26N2O2S/c1-12-9-13(22(4)11-21)5-6-14(12)18-17(19(23)24)15-10-20(2,3)8-7-16(15)25-18/h5-6,9H,7-8,10-11,21H2,1-4H3,(H,23,24). The van der Waals surface area contributed by atoms with Crippen molar-refractivity contribution in [2.75, 3.05) is 18.6 Å². The summed E-state index contributed by atoms with van der Waals surface area (Å²) in [4.78, 5) is 16.2. The summed E-state index contributed by atoms with van der Waals surface area (Å²) in [6.07, 6.45) is 2.92. The Bertz CT molecular complexity index is 823. The van der Waals surface area contributed by atoms with Gasteiger partial charge in [0.25, 0.3) is 0 Å². The van der Waals surface area contributed by atoms with E-state index in [0.717, 1.165) is 46.5 Å². The molecule has 1 aliphatic carbocycles. The second-order valence-electron chi connectivity index (χ2n) is 7.73. The number of thiophene rings is 1. The summed E-state index contributed by atoms with van der Waals surface area (Å²) < 4.78 is 0. The molecular weight excluding hydrogens is 332 g/mol. The number of anilines is 1. The third-order valence-corrected chi connectivity index (χ3v) is 6.48. The number of fused-ring (bicyclic) bond motifs is 1. The van der Waals surface area contributed by atoms with E-state index < -0.39 is 5.97 Å². The number of nitrogens with two attached hydrogens (primary N) is 1. The summed E-state index contributed by atoms with van der Waals surface area (Å²) in [7, 11) is 1.95. The van der Waals surface area contributed by atoms with Gasteiger partial charge in [0, 0.05) is 22.5 Å². The molecule has 0 unspecified atom stereocenters. The molecule has 134 valence electrons. The molecule has 5 heteroatoms. The minimum Gasteiger partial charge on any atom is -0.478 e. The van der Waals surface area contributed by atoms with Crippen LogP contribution in [0.2, 0.25) is 0 Å². The van der Waals surface area contributed by atoms with Crippen LogP contribution in [0.1, 0.15) is 46.6 Å². The fraction of sp³-hybridized carbons (Fsp3) is 0.450. The topological polar surface area (TPSA) is 66.6 Å². The summed E-state index contributed by atoms with van der Waals surface area (Å²) in [5.41, 5.74) is 10.6. The van der Waals surface area contributed by atoms with Crippen molar-refractivity contribution in [3.8, 4) is 10.4 Å². The van der Waals surface area contributed by atoms with Crippen LogP contribution in [0.5, 0.6) is 0 Å². The molecule has 1 heterocycles. The van der Waals surface area contributed by atoms with Crippen molar-refractivity contribution in [2.24, 2.45) is 11.1 Å². The van der Waals surface area contributed by atoms with Crippen LogP contribution in [0.3, 0.4) is 0 Å². The van der Waals surface area contributed by atoms with Crippen molar-refractivity contribution in [2.45, 2.75) is 40.0 Å². The summed E-state index contributed by atoms with van der Waals surface area (Å²) in [6.45, 7) is 6.93. The lowest BCUT2D eigenvalue weighted by atomic mass is 9.76. The highest BCUT2D eigenvalue weighted by Crippen LogP contribution is 2.45. The molecule has 0 saturated carbocycles. The summed E-state index contributed by atoms with van der Waals surface area (Å²) in [5.74, 6) is -0.812. The number of hydrogen-bond donors (Lipinski definition) is 2. The highest BCUT2D eigenvalue weighted by atomic mass is 32.1. The lowest BCUT2D eigenvalue weighted by Gasteiger charge is -2.29. The zero-order valence-corrected chi connectivity index (χ0v) is 16.2. The molecule has 0 radical (unpaired) electrons. The van der Waals surface area contributed by atoms with Gasteiger partial charge in [-0.05, 0) is 60.4 Å². The number of benzene rings is 1. The zero-order valence-electron chi connectivity index (χ0n) is 15.3.